The molecule has 1 fully saturated rings. The molecule has 4 nitrogen and oxygen atoms in total. The number of rotatable bonds is 4. The van der Waals surface area contributed by atoms with Gasteiger partial charge >= 0.3 is 0 Å². The molecule has 150 valence electrons. The van der Waals surface area contributed by atoms with Gasteiger partial charge in [0, 0.05) is 23.6 Å². The van der Waals surface area contributed by atoms with Crippen LogP contribution in [0.2, 0.25) is 0 Å². The largest absolute Gasteiger partial charge is 0.336 e. The van der Waals surface area contributed by atoms with Crippen molar-refractivity contribution in [3.8, 4) is 0 Å². The van der Waals surface area contributed by atoms with Gasteiger partial charge in [-0.15, -0.1) is 0 Å². The van der Waals surface area contributed by atoms with E-state index in [4.69, 9.17) is 0 Å². The van der Waals surface area contributed by atoms with Gasteiger partial charge in [0.1, 0.15) is 17.2 Å². The summed E-state index contributed by atoms with van der Waals surface area (Å²) in [6.07, 6.45) is 3.62. The number of fused-ring (bicyclic) bond motifs is 2. The number of allylic oxidation sites excluding steroid dienone is 2. The van der Waals surface area contributed by atoms with Crippen LogP contribution < -0.4 is 9.47 Å². The van der Waals surface area contributed by atoms with Gasteiger partial charge in [0.05, 0.1) is 16.3 Å². The normalized spacial score (nSPS) is 19.5. The summed E-state index contributed by atoms with van der Waals surface area (Å²) in [7, 11) is 0. The number of anilines is 1. The van der Waals surface area contributed by atoms with Crippen molar-refractivity contribution in [3.05, 3.63) is 70.2 Å². The molecule has 2 aliphatic rings. The molecule has 5 rings (SSSR count). The molecule has 1 aliphatic carbocycles. The Morgan fingerprint density at radius 2 is 1.77 bits per heavy atom. The number of benzene rings is 2. The molecule has 0 radical (unpaired) electrons. The zero-order valence-electron chi connectivity index (χ0n) is 16.8. The number of hydrogen-bond acceptors (Lipinski definition) is 5. The quantitative estimate of drug-likeness (QED) is 0.256. The lowest BCUT2D eigenvalue weighted by atomic mass is 9.77. The Hall–Kier alpha value is -2.70. The third-order valence-corrected chi connectivity index (χ3v) is 7.82. The van der Waals surface area contributed by atoms with E-state index in [-0.39, 0.29) is 11.6 Å². The van der Waals surface area contributed by atoms with Crippen molar-refractivity contribution in [1.82, 2.24) is 0 Å². The average Bonchev–Trinajstić information content (AvgIpc) is 3.32. The maximum atomic E-state index is 12.9. The van der Waals surface area contributed by atoms with Crippen molar-refractivity contribution in [3.63, 3.8) is 0 Å². The number of nitrogens with zero attached hydrogens (tertiary/aromatic N) is 2. The minimum Gasteiger partial charge on any atom is -0.336 e. The van der Waals surface area contributed by atoms with Crippen LogP contribution >= 0.6 is 23.1 Å². The lowest BCUT2D eigenvalue weighted by Crippen LogP contribution is -2.41. The van der Waals surface area contributed by atoms with Crippen LogP contribution in [0, 0.1) is 5.92 Å². The van der Waals surface area contributed by atoms with Gasteiger partial charge in [-0.05, 0) is 38.1 Å². The fraction of sp³-hybridized carbons (Fsp3) is 0.208. The van der Waals surface area contributed by atoms with Gasteiger partial charge in [-0.1, -0.05) is 47.4 Å². The number of para-hydroxylation sites is 2. The zero-order chi connectivity index (χ0) is 20.8. The van der Waals surface area contributed by atoms with Crippen LogP contribution in [0.25, 0.3) is 16.3 Å². The Bertz CT molecular complexity index is 1240. The van der Waals surface area contributed by atoms with Crippen LogP contribution in [0.3, 0.4) is 0 Å². The second kappa shape index (κ2) is 7.52. The van der Waals surface area contributed by atoms with Crippen LogP contribution in [0.4, 0.5) is 5.69 Å². The van der Waals surface area contributed by atoms with Crippen LogP contribution in [-0.2, 0) is 16.1 Å². The summed E-state index contributed by atoms with van der Waals surface area (Å²) in [5.41, 5.74) is 2.59. The van der Waals surface area contributed by atoms with Gasteiger partial charge in [0.15, 0.2) is 11.6 Å². The molecular formula is C24H21N2O2S2+. The van der Waals surface area contributed by atoms with Crippen LogP contribution in [0.1, 0.15) is 18.9 Å². The number of aromatic nitrogens is 1. The summed E-state index contributed by atoms with van der Waals surface area (Å²) in [6, 6.07) is 16.3. The molecule has 2 heterocycles. The molecule has 0 bridgehead atoms. The predicted molar refractivity (Wildman–Crippen MR) is 123 cm³/mol. The van der Waals surface area contributed by atoms with Crippen molar-refractivity contribution < 1.29 is 14.2 Å². The highest BCUT2D eigenvalue weighted by Gasteiger charge is 2.44. The smallest absolute Gasteiger partial charge is 0.263 e. The fourth-order valence-electron chi connectivity index (χ4n) is 4.05. The SMILES string of the molecule is CCN1/C(=C/C2C(=O)C(=Cc3sc4ccccc4[n+]3CC)C2=O)Sc2ccccc21. The van der Waals surface area contributed by atoms with E-state index in [2.05, 4.69) is 47.6 Å². The lowest BCUT2D eigenvalue weighted by Gasteiger charge is -2.25. The molecule has 1 saturated carbocycles. The topological polar surface area (TPSA) is 41.3 Å². The van der Waals surface area contributed by atoms with E-state index in [9.17, 15) is 9.59 Å². The second-order valence-corrected chi connectivity index (χ2v) is 9.36. The second-order valence-electron chi connectivity index (χ2n) is 7.24. The number of carbonyl (C=O) groups excluding carboxylic acids is 2. The molecule has 0 spiro atoms. The van der Waals surface area contributed by atoms with Gasteiger partial charge in [0.2, 0.25) is 5.52 Å². The maximum Gasteiger partial charge on any atom is 0.263 e. The Morgan fingerprint density at radius 1 is 1.03 bits per heavy atom. The summed E-state index contributed by atoms with van der Waals surface area (Å²) in [4.78, 5) is 29.1. The number of Topliss-reactive ketones (excluding diaryl/α,β-unsaturated/α-hetero) is 2. The zero-order valence-corrected chi connectivity index (χ0v) is 18.4. The third kappa shape index (κ3) is 2.94. The van der Waals surface area contributed by atoms with Crippen LogP contribution in [-0.4, -0.2) is 18.1 Å². The van der Waals surface area contributed by atoms with E-state index >= 15 is 0 Å². The van der Waals surface area contributed by atoms with Gasteiger partial charge < -0.3 is 4.90 Å². The first-order chi connectivity index (χ1) is 14.6. The first-order valence-corrected chi connectivity index (χ1v) is 11.7. The number of ketones is 2. The molecule has 0 N–H and O–H groups in total. The van der Waals surface area contributed by atoms with Crippen molar-refractivity contribution >= 4 is 56.6 Å². The molecular weight excluding hydrogens is 412 g/mol. The highest BCUT2D eigenvalue weighted by Crippen LogP contribution is 2.46. The number of thioether (sulfide) groups is 1. The van der Waals surface area contributed by atoms with Gasteiger partial charge in [-0.25, -0.2) is 0 Å². The summed E-state index contributed by atoms with van der Waals surface area (Å²) < 4.78 is 3.31. The van der Waals surface area contributed by atoms with Crippen molar-refractivity contribution in [2.24, 2.45) is 5.92 Å². The summed E-state index contributed by atoms with van der Waals surface area (Å²) >= 11 is 3.24. The molecule has 0 saturated heterocycles. The first kappa shape index (κ1) is 19.3. The van der Waals surface area contributed by atoms with Gasteiger partial charge in [0.25, 0.3) is 5.01 Å². The molecule has 2 aromatic carbocycles. The molecule has 6 heteroatoms. The van der Waals surface area contributed by atoms with E-state index in [1.165, 1.54) is 0 Å². The minimum atomic E-state index is -0.674. The summed E-state index contributed by atoms with van der Waals surface area (Å²) in [5, 5.41) is 1.91. The molecule has 0 unspecified atom stereocenters. The minimum absolute atomic E-state index is 0.0831. The molecule has 0 amide bonds. The Labute approximate surface area is 183 Å². The van der Waals surface area contributed by atoms with Gasteiger partial charge in [-0.3, -0.25) is 9.59 Å². The summed E-state index contributed by atoms with van der Waals surface area (Å²) in [6.45, 7) is 5.75. The van der Waals surface area contributed by atoms with Crippen molar-refractivity contribution in [2.45, 2.75) is 25.3 Å². The Morgan fingerprint density at radius 3 is 2.53 bits per heavy atom. The first-order valence-electron chi connectivity index (χ1n) is 10.1. The number of aryl methyl sites for hydroxylation is 1. The summed E-state index contributed by atoms with van der Waals surface area (Å²) in [5.74, 6) is -0.841. The van der Waals surface area contributed by atoms with E-state index in [1.54, 1.807) is 29.2 Å². The van der Waals surface area contributed by atoms with Crippen LogP contribution in [0.5, 0.6) is 0 Å². The highest BCUT2D eigenvalue weighted by atomic mass is 32.2. The molecule has 1 aromatic heterocycles. The number of thiazole rings is 1. The standard InChI is InChI=1S/C24H21N2O2S2/c1-3-25-17-9-5-7-11-19(17)29-21(25)13-15-23(27)16(24(15)28)14-22-26(4-2)18-10-6-8-12-20(18)30-22/h5-15H,3-4H2,1-2H3/q+1/b16-14?,21-13-. The number of carbonyl (C=O) groups is 2. The van der Waals surface area contributed by atoms with Crippen LogP contribution in [0.15, 0.2) is 70.1 Å². The fourth-order valence-corrected chi connectivity index (χ4v) is 6.41. The Kier molecular flexibility index (Phi) is 4.83. The number of hydrogen-bond donors (Lipinski definition) is 0. The average molecular weight is 434 g/mol. The van der Waals surface area contributed by atoms with E-state index < -0.39 is 5.92 Å². The maximum absolute atomic E-state index is 12.9. The monoisotopic (exact) mass is 433 g/mol. The molecule has 3 aromatic rings. The Balaban J connectivity index is 1.45. The molecule has 30 heavy (non-hydrogen) atoms. The third-order valence-electron chi connectivity index (χ3n) is 5.58. The predicted octanol–water partition coefficient (Wildman–Crippen LogP) is 4.83. The van der Waals surface area contributed by atoms with E-state index in [0.29, 0.717) is 5.57 Å². The van der Waals surface area contributed by atoms with E-state index in [0.717, 1.165) is 43.9 Å². The molecule has 1 aliphatic heterocycles. The highest BCUT2D eigenvalue weighted by molar-refractivity contribution is 8.03. The lowest BCUT2D eigenvalue weighted by molar-refractivity contribution is -0.665. The van der Waals surface area contributed by atoms with Crippen molar-refractivity contribution in [2.75, 3.05) is 11.4 Å². The van der Waals surface area contributed by atoms with Gasteiger partial charge in [-0.2, -0.15) is 4.57 Å². The molecule has 0 atom stereocenters. The van der Waals surface area contributed by atoms with Crippen molar-refractivity contribution in [1.29, 1.82) is 0 Å². The van der Waals surface area contributed by atoms with E-state index in [1.807, 2.05) is 30.3 Å².